The number of nitrogens with zero attached hydrogens (tertiary/aromatic N) is 1. The second-order valence-electron chi connectivity index (χ2n) is 4.27. The molecule has 1 nitrogen and oxygen atoms in total. The molecule has 1 heterocycles. The SMILES string of the molecule is CCCC1CC(C)N(C)C1CC. The summed E-state index contributed by atoms with van der Waals surface area (Å²) < 4.78 is 0. The van der Waals surface area contributed by atoms with Crippen molar-refractivity contribution >= 4 is 0 Å². The van der Waals surface area contributed by atoms with Crippen molar-refractivity contribution in [2.24, 2.45) is 5.92 Å². The molecule has 0 amide bonds. The molecule has 0 N–H and O–H groups in total. The van der Waals surface area contributed by atoms with Crippen LogP contribution in [0, 0.1) is 5.92 Å². The second kappa shape index (κ2) is 4.27. The summed E-state index contributed by atoms with van der Waals surface area (Å²) in [7, 11) is 2.29. The van der Waals surface area contributed by atoms with E-state index in [1.807, 2.05) is 0 Å². The molecule has 3 unspecified atom stereocenters. The summed E-state index contributed by atoms with van der Waals surface area (Å²) in [6.07, 6.45) is 5.52. The summed E-state index contributed by atoms with van der Waals surface area (Å²) in [5, 5.41) is 0. The van der Waals surface area contributed by atoms with Gasteiger partial charge in [0.05, 0.1) is 0 Å². The molecule has 72 valence electrons. The molecule has 0 aromatic heterocycles. The molecule has 1 saturated heterocycles. The molecule has 0 spiro atoms. The van der Waals surface area contributed by atoms with Crippen molar-refractivity contribution in [1.29, 1.82) is 0 Å². The van der Waals surface area contributed by atoms with Crippen LogP contribution in [0.25, 0.3) is 0 Å². The highest BCUT2D eigenvalue weighted by atomic mass is 15.2. The number of likely N-dealkylation sites (tertiary alicyclic amines) is 1. The lowest BCUT2D eigenvalue weighted by Gasteiger charge is -2.25. The van der Waals surface area contributed by atoms with E-state index in [2.05, 4.69) is 32.7 Å². The molecular weight excluding hydrogens is 146 g/mol. The van der Waals surface area contributed by atoms with Crippen LogP contribution in [0.15, 0.2) is 0 Å². The molecule has 0 saturated carbocycles. The minimum Gasteiger partial charge on any atom is -0.300 e. The maximum Gasteiger partial charge on any atom is 0.0121 e. The fraction of sp³-hybridized carbons (Fsp3) is 1.00. The van der Waals surface area contributed by atoms with Gasteiger partial charge in [0.2, 0.25) is 0 Å². The van der Waals surface area contributed by atoms with Crippen LogP contribution in [-0.2, 0) is 0 Å². The lowest BCUT2D eigenvalue weighted by atomic mass is 9.93. The number of hydrogen-bond acceptors (Lipinski definition) is 1. The van der Waals surface area contributed by atoms with Gasteiger partial charge in [0.1, 0.15) is 0 Å². The van der Waals surface area contributed by atoms with Gasteiger partial charge in [-0.25, -0.2) is 0 Å². The smallest absolute Gasteiger partial charge is 0.0121 e. The highest BCUT2D eigenvalue weighted by Crippen LogP contribution is 2.33. The maximum atomic E-state index is 2.57. The Balaban J connectivity index is 2.52. The Morgan fingerprint density at radius 3 is 2.50 bits per heavy atom. The molecule has 0 bridgehead atoms. The first-order chi connectivity index (χ1) is 5.70. The fourth-order valence-electron chi connectivity index (χ4n) is 2.72. The number of rotatable bonds is 3. The summed E-state index contributed by atoms with van der Waals surface area (Å²) in [6.45, 7) is 6.98. The average Bonchev–Trinajstić information content (AvgIpc) is 2.29. The van der Waals surface area contributed by atoms with Gasteiger partial charge in [0, 0.05) is 12.1 Å². The van der Waals surface area contributed by atoms with Gasteiger partial charge in [0.25, 0.3) is 0 Å². The summed E-state index contributed by atoms with van der Waals surface area (Å²) >= 11 is 0. The molecule has 0 aromatic carbocycles. The van der Waals surface area contributed by atoms with E-state index in [0.29, 0.717) is 0 Å². The normalized spacial score (nSPS) is 37.5. The maximum absolute atomic E-state index is 2.57. The van der Waals surface area contributed by atoms with E-state index >= 15 is 0 Å². The fourth-order valence-corrected chi connectivity index (χ4v) is 2.72. The third kappa shape index (κ3) is 1.82. The predicted octanol–water partition coefficient (Wildman–Crippen LogP) is 2.91. The molecule has 3 atom stereocenters. The highest BCUT2D eigenvalue weighted by molar-refractivity contribution is 4.88. The molecule has 1 aliphatic rings. The quantitative estimate of drug-likeness (QED) is 0.628. The van der Waals surface area contributed by atoms with E-state index in [0.717, 1.165) is 18.0 Å². The van der Waals surface area contributed by atoms with Crippen molar-refractivity contribution in [3.63, 3.8) is 0 Å². The Labute approximate surface area is 77.1 Å². The van der Waals surface area contributed by atoms with Crippen LogP contribution in [0.2, 0.25) is 0 Å². The van der Waals surface area contributed by atoms with Gasteiger partial charge in [-0.15, -0.1) is 0 Å². The Bertz CT molecular complexity index is 133. The van der Waals surface area contributed by atoms with Crippen molar-refractivity contribution in [1.82, 2.24) is 4.90 Å². The molecule has 0 radical (unpaired) electrons. The topological polar surface area (TPSA) is 3.24 Å². The lowest BCUT2D eigenvalue weighted by molar-refractivity contribution is 0.223. The van der Waals surface area contributed by atoms with Crippen LogP contribution >= 0.6 is 0 Å². The van der Waals surface area contributed by atoms with E-state index in [1.54, 1.807) is 0 Å². The first-order valence-electron chi connectivity index (χ1n) is 5.42. The Kier molecular flexibility index (Phi) is 3.57. The van der Waals surface area contributed by atoms with Crippen LogP contribution in [-0.4, -0.2) is 24.0 Å². The molecule has 0 aliphatic carbocycles. The first-order valence-corrected chi connectivity index (χ1v) is 5.42. The third-order valence-corrected chi connectivity index (χ3v) is 3.48. The Hall–Kier alpha value is -0.0400. The van der Waals surface area contributed by atoms with E-state index in [9.17, 15) is 0 Å². The van der Waals surface area contributed by atoms with Crippen LogP contribution in [0.1, 0.15) is 46.5 Å². The van der Waals surface area contributed by atoms with Gasteiger partial charge in [-0.2, -0.15) is 0 Å². The van der Waals surface area contributed by atoms with E-state index < -0.39 is 0 Å². The van der Waals surface area contributed by atoms with Crippen molar-refractivity contribution in [3.8, 4) is 0 Å². The van der Waals surface area contributed by atoms with Crippen molar-refractivity contribution in [2.75, 3.05) is 7.05 Å². The molecular formula is C11H23N. The van der Waals surface area contributed by atoms with Crippen molar-refractivity contribution in [2.45, 2.75) is 58.5 Å². The molecule has 12 heavy (non-hydrogen) atoms. The standard InChI is InChI=1S/C11H23N/c1-5-7-10-8-9(3)12(4)11(10)6-2/h9-11H,5-8H2,1-4H3. The summed E-state index contributed by atoms with van der Waals surface area (Å²) in [4.78, 5) is 2.57. The average molecular weight is 169 g/mol. The Morgan fingerprint density at radius 1 is 1.33 bits per heavy atom. The summed E-state index contributed by atoms with van der Waals surface area (Å²) in [5.41, 5.74) is 0. The summed E-state index contributed by atoms with van der Waals surface area (Å²) in [5.74, 6) is 0.972. The van der Waals surface area contributed by atoms with Gasteiger partial charge in [-0.05, 0) is 39.2 Å². The van der Waals surface area contributed by atoms with Crippen LogP contribution in [0.4, 0.5) is 0 Å². The van der Waals surface area contributed by atoms with Gasteiger partial charge >= 0.3 is 0 Å². The second-order valence-corrected chi connectivity index (χ2v) is 4.27. The third-order valence-electron chi connectivity index (χ3n) is 3.48. The van der Waals surface area contributed by atoms with Crippen molar-refractivity contribution in [3.05, 3.63) is 0 Å². The van der Waals surface area contributed by atoms with E-state index in [1.165, 1.54) is 25.7 Å². The lowest BCUT2D eigenvalue weighted by Crippen LogP contribution is -2.32. The molecule has 1 aliphatic heterocycles. The highest BCUT2D eigenvalue weighted by Gasteiger charge is 2.34. The molecule has 1 rings (SSSR count). The van der Waals surface area contributed by atoms with E-state index in [-0.39, 0.29) is 0 Å². The van der Waals surface area contributed by atoms with Gasteiger partial charge in [0.15, 0.2) is 0 Å². The summed E-state index contributed by atoms with van der Waals surface area (Å²) in [6, 6.07) is 1.67. The first kappa shape index (κ1) is 10.0. The van der Waals surface area contributed by atoms with Gasteiger partial charge in [-0.3, -0.25) is 0 Å². The molecule has 1 heteroatoms. The van der Waals surface area contributed by atoms with Gasteiger partial charge < -0.3 is 4.90 Å². The monoisotopic (exact) mass is 169 g/mol. The van der Waals surface area contributed by atoms with E-state index in [4.69, 9.17) is 0 Å². The largest absolute Gasteiger partial charge is 0.300 e. The minimum absolute atomic E-state index is 0.812. The zero-order chi connectivity index (χ0) is 9.14. The zero-order valence-corrected chi connectivity index (χ0v) is 9.01. The molecule has 0 aromatic rings. The molecule has 1 fully saturated rings. The van der Waals surface area contributed by atoms with Crippen LogP contribution < -0.4 is 0 Å². The van der Waals surface area contributed by atoms with Crippen LogP contribution in [0.5, 0.6) is 0 Å². The minimum atomic E-state index is 0.812. The number of hydrogen-bond donors (Lipinski definition) is 0. The Morgan fingerprint density at radius 2 is 2.00 bits per heavy atom. The zero-order valence-electron chi connectivity index (χ0n) is 9.01. The predicted molar refractivity (Wildman–Crippen MR) is 54.3 cm³/mol. The van der Waals surface area contributed by atoms with Crippen LogP contribution in [0.3, 0.4) is 0 Å². The van der Waals surface area contributed by atoms with Gasteiger partial charge in [-0.1, -0.05) is 20.3 Å². The van der Waals surface area contributed by atoms with Crippen molar-refractivity contribution < 1.29 is 0 Å².